The number of rotatable bonds is 6. The van der Waals surface area contributed by atoms with Crippen molar-refractivity contribution in [2.45, 2.75) is 13.3 Å². The Kier molecular flexibility index (Phi) is 4.71. The minimum atomic E-state index is -1.06. The van der Waals surface area contributed by atoms with Gasteiger partial charge in [-0.15, -0.1) is 0 Å². The van der Waals surface area contributed by atoms with E-state index in [2.05, 4.69) is 4.98 Å². The van der Waals surface area contributed by atoms with Gasteiger partial charge in [0.05, 0.1) is 17.9 Å². The first kappa shape index (κ1) is 13.2. The van der Waals surface area contributed by atoms with Gasteiger partial charge < -0.3 is 20.8 Å². The van der Waals surface area contributed by atoms with Gasteiger partial charge in [-0.1, -0.05) is 6.92 Å². The molecule has 0 bridgehead atoms. The second-order valence-corrected chi connectivity index (χ2v) is 3.65. The van der Waals surface area contributed by atoms with Crippen molar-refractivity contribution in [2.24, 2.45) is 0 Å². The lowest BCUT2D eigenvalue weighted by Gasteiger charge is -2.23. The molecule has 1 rings (SSSR count). The van der Waals surface area contributed by atoms with Gasteiger partial charge in [0.15, 0.2) is 5.82 Å². The zero-order chi connectivity index (χ0) is 12.8. The first-order chi connectivity index (χ1) is 8.10. The lowest BCUT2D eigenvalue weighted by molar-refractivity contribution is 0.0696. The summed E-state index contributed by atoms with van der Waals surface area (Å²) in [6, 6.07) is 1.38. The topological polar surface area (TPSA) is 99.7 Å². The highest BCUT2D eigenvalue weighted by Gasteiger charge is 2.13. The predicted molar refractivity (Wildman–Crippen MR) is 65.2 cm³/mol. The SMILES string of the molecule is CCCN(CCO)c1ncc(C(=O)O)cc1N. The number of hydrogen-bond donors (Lipinski definition) is 3. The molecule has 0 aliphatic rings. The van der Waals surface area contributed by atoms with Crippen molar-refractivity contribution in [1.82, 2.24) is 4.98 Å². The molecule has 0 aliphatic heterocycles. The van der Waals surface area contributed by atoms with E-state index in [-0.39, 0.29) is 12.2 Å². The first-order valence-corrected chi connectivity index (χ1v) is 5.44. The summed E-state index contributed by atoms with van der Waals surface area (Å²) in [6.45, 7) is 3.15. The van der Waals surface area contributed by atoms with Crippen molar-refractivity contribution in [3.63, 3.8) is 0 Å². The molecule has 94 valence electrons. The third-order valence-electron chi connectivity index (χ3n) is 2.31. The fourth-order valence-electron chi connectivity index (χ4n) is 1.57. The number of anilines is 2. The predicted octanol–water partition coefficient (Wildman–Crippen LogP) is 0.571. The van der Waals surface area contributed by atoms with Crippen LogP contribution in [0.25, 0.3) is 0 Å². The van der Waals surface area contributed by atoms with Crippen LogP contribution in [0, 0.1) is 0 Å². The second kappa shape index (κ2) is 6.05. The average Bonchev–Trinajstić information content (AvgIpc) is 2.28. The van der Waals surface area contributed by atoms with Crippen molar-refractivity contribution < 1.29 is 15.0 Å². The molecule has 6 heteroatoms. The summed E-state index contributed by atoms with van der Waals surface area (Å²) in [4.78, 5) is 16.6. The quantitative estimate of drug-likeness (QED) is 0.671. The number of carboxylic acid groups (broad SMARTS) is 1. The van der Waals surface area contributed by atoms with Gasteiger partial charge in [-0.3, -0.25) is 0 Å². The summed E-state index contributed by atoms with van der Waals surface area (Å²) in [5, 5.41) is 17.8. The molecular weight excluding hydrogens is 222 g/mol. The number of aromatic nitrogens is 1. The number of aliphatic hydroxyl groups excluding tert-OH is 1. The Morgan fingerprint density at radius 1 is 1.53 bits per heavy atom. The van der Waals surface area contributed by atoms with Crippen molar-refractivity contribution in [1.29, 1.82) is 0 Å². The summed E-state index contributed by atoms with van der Waals surface area (Å²) in [5.74, 6) is -0.536. The van der Waals surface area contributed by atoms with Gasteiger partial charge in [0.1, 0.15) is 0 Å². The molecule has 0 saturated carbocycles. The fraction of sp³-hybridized carbons (Fsp3) is 0.455. The number of carbonyl (C=O) groups is 1. The number of aromatic carboxylic acids is 1. The standard InChI is InChI=1S/C11H17N3O3/c1-2-3-14(4-5-15)10-9(12)6-8(7-13-10)11(16)17/h6-7,15H,2-5,12H2,1H3,(H,16,17). The molecule has 6 nitrogen and oxygen atoms in total. The maximum Gasteiger partial charge on any atom is 0.337 e. The molecule has 0 fully saturated rings. The van der Waals surface area contributed by atoms with E-state index in [9.17, 15) is 4.79 Å². The van der Waals surface area contributed by atoms with E-state index in [1.807, 2.05) is 11.8 Å². The number of carboxylic acids is 1. The smallest absolute Gasteiger partial charge is 0.337 e. The minimum absolute atomic E-state index is 0.00179. The minimum Gasteiger partial charge on any atom is -0.478 e. The van der Waals surface area contributed by atoms with Gasteiger partial charge >= 0.3 is 5.97 Å². The maximum atomic E-state index is 10.7. The van der Waals surface area contributed by atoms with Crippen LogP contribution in [-0.2, 0) is 0 Å². The molecule has 0 atom stereocenters. The molecular formula is C11H17N3O3. The number of nitrogen functional groups attached to an aromatic ring is 1. The van der Waals surface area contributed by atoms with Crippen LogP contribution < -0.4 is 10.6 Å². The number of aliphatic hydroxyl groups is 1. The Hall–Kier alpha value is -1.82. The molecule has 1 heterocycles. The Labute approximate surface area is 99.7 Å². The number of nitrogens with two attached hydrogens (primary N) is 1. The van der Waals surface area contributed by atoms with Crippen LogP contribution in [0.5, 0.6) is 0 Å². The van der Waals surface area contributed by atoms with Gasteiger partial charge in [-0.05, 0) is 12.5 Å². The lowest BCUT2D eigenvalue weighted by Crippen LogP contribution is -2.29. The summed E-state index contributed by atoms with van der Waals surface area (Å²) in [5.41, 5.74) is 6.15. The van der Waals surface area contributed by atoms with Crippen LogP contribution in [0.4, 0.5) is 11.5 Å². The summed E-state index contributed by atoms with van der Waals surface area (Å²) < 4.78 is 0. The Bertz CT molecular complexity index is 390. The molecule has 0 aromatic carbocycles. The highest BCUT2D eigenvalue weighted by molar-refractivity contribution is 5.89. The monoisotopic (exact) mass is 239 g/mol. The lowest BCUT2D eigenvalue weighted by atomic mass is 10.2. The number of pyridine rings is 1. The number of nitrogens with zero attached hydrogens (tertiary/aromatic N) is 2. The molecule has 0 saturated heterocycles. The highest BCUT2D eigenvalue weighted by atomic mass is 16.4. The largest absolute Gasteiger partial charge is 0.478 e. The van der Waals surface area contributed by atoms with E-state index in [1.165, 1.54) is 12.3 Å². The number of hydrogen-bond acceptors (Lipinski definition) is 5. The molecule has 0 aliphatic carbocycles. The molecule has 17 heavy (non-hydrogen) atoms. The molecule has 0 radical (unpaired) electrons. The van der Waals surface area contributed by atoms with E-state index >= 15 is 0 Å². The van der Waals surface area contributed by atoms with E-state index in [0.717, 1.165) is 6.42 Å². The maximum absolute atomic E-state index is 10.7. The van der Waals surface area contributed by atoms with E-state index in [1.54, 1.807) is 0 Å². The van der Waals surface area contributed by atoms with Gasteiger partial charge in [0, 0.05) is 19.3 Å². The molecule has 1 aromatic rings. The van der Waals surface area contributed by atoms with Crippen LogP contribution in [0.15, 0.2) is 12.3 Å². The molecule has 0 amide bonds. The van der Waals surface area contributed by atoms with E-state index in [4.69, 9.17) is 15.9 Å². The van der Waals surface area contributed by atoms with Gasteiger partial charge in [-0.2, -0.15) is 0 Å². The zero-order valence-electron chi connectivity index (χ0n) is 9.76. The Morgan fingerprint density at radius 3 is 2.71 bits per heavy atom. The van der Waals surface area contributed by atoms with Crippen molar-refractivity contribution in [3.8, 4) is 0 Å². The molecule has 4 N–H and O–H groups in total. The second-order valence-electron chi connectivity index (χ2n) is 3.65. The van der Waals surface area contributed by atoms with E-state index < -0.39 is 5.97 Å². The summed E-state index contributed by atoms with van der Waals surface area (Å²) in [7, 11) is 0. The normalized spacial score (nSPS) is 10.2. The average molecular weight is 239 g/mol. The highest BCUT2D eigenvalue weighted by Crippen LogP contribution is 2.21. The van der Waals surface area contributed by atoms with Crippen LogP contribution in [-0.4, -0.2) is 40.9 Å². The zero-order valence-corrected chi connectivity index (χ0v) is 9.76. The van der Waals surface area contributed by atoms with Crippen LogP contribution >= 0.6 is 0 Å². The molecule has 1 aromatic heterocycles. The van der Waals surface area contributed by atoms with Crippen molar-refractivity contribution in [2.75, 3.05) is 30.3 Å². The van der Waals surface area contributed by atoms with Crippen molar-refractivity contribution >= 4 is 17.5 Å². The van der Waals surface area contributed by atoms with Crippen LogP contribution in [0.2, 0.25) is 0 Å². The fourth-order valence-corrected chi connectivity index (χ4v) is 1.57. The van der Waals surface area contributed by atoms with Crippen LogP contribution in [0.1, 0.15) is 23.7 Å². The summed E-state index contributed by atoms with van der Waals surface area (Å²) in [6.07, 6.45) is 2.16. The molecule has 0 unspecified atom stereocenters. The van der Waals surface area contributed by atoms with Gasteiger partial charge in [-0.25, -0.2) is 9.78 Å². The first-order valence-electron chi connectivity index (χ1n) is 5.44. The van der Waals surface area contributed by atoms with Gasteiger partial charge in [0.2, 0.25) is 0 Å². The Morgan fingerprint density at radius 2 is 2.24 bits per heavy atom. The van der Waals surface area contributed by atoms with E-state index in [0.29, 0.717) is 24.6 Å². The Balaban J connectivity index is 2.99. The third kappa shape index (κ3) is 3.32. The third-order valence-corrected chi connectivity index (χ3v) is 2.31. The molecule has 0 spiro atoms. The van der Waals surface area contributed by atoms with Crippen molar-refractivity contribution in [3.05, 3.63) is 17.8 Å². The summed E-state index contributed by atoms with van der Waals surface area (Å²) >= 11 is 0. The van der Waals surface area contributed by atoms with Crippen LogP contribution in [0.3, 0.4) is 0 Å². The van der Waals surface area contributed by atoms with Gasteiger partial charge in [0.25, 0.3) is 0 Å².